The van der Waals surface area contributed by atoms with Gasteiger partial charge in [0.15, 0.2) is 11.5 Å². The Morgan fingerprint density at radius 2 is 2.19 bits per heavy atom. The summed E-state index contributed by atoms with van der Waals surface area (Å²) in [4.78, 5) is 10.4. The topological polar surface area (TPSA) is 35.5 Å². The fourth-order valence-corrected chi connectivity index (χ4v) is 1.52. The highest BCUT2D eigenvalue weighted by molar-refractivity contribution is 9.09. The van der Waals surface area contributed by atoms with Gasteiger partial charge in [0.1, 0.15) is 6.29 Å². The molecule has 0 amide bonds. The molecule has 0 aromatic heterocycles. The minimum Gasteiger partial charge on any atom is -0.493 e. The highest BCUT2D eigenvalue weighted by Crippen LogP contribution is 2.28. The van der Waals surface area contributed by atoms with E-state index in [0.717, 1.165) is 29.4 Å². The van der Waals surface area contributed by atoms with Crippen molar-refractivity contribution in [2.24, 2.45) is 0 Å². The summed E-state index contributed by atoms with van der Waals surface area (Å²) in [6.45, 7) is 0.647. The average Bonchev–Trinajstić information content (AvgIpc) is 2.31. The van der Waals surface area contributed by atoms with Gasteiger partial charge in [-0.05, 0) is 24.1 Å². The molecule has 0 atom stereocenters. The third kappa shape index (κ3) is 3.85. The largest absolute Gasteiger partial charge is 0.493 e. The summed E-state index contributed by atoms with van der Waals surface area (Å²) >= 11 is 3.34. The van der Waals surface area contributed by atoms with Gasteiger partial charge in [0.05, 0.1) is 13.7 Å². The van der Waals surface area contributed by atoms with Gasteiger partial charge in [0.25, 0.3) is 0 Å². The average molecular weight is 287 g/mol. The highest BCUT2D eigenvalue weighted by Gasteiger charge is 2.05. The van der Waals surface area contributed by atoms with Gasteiger partial charge in [-0.2, -0.15) is 0 Å². The number of benzene rings is 1. The minimum absolute atomic E-state index is 0.401. The van der Waals surface area contributed by atoms with E-state index < -0.39 is 0 Å². The number of methoxy groups -OCH3 is 1. The molecular weight excluding hydrogens is 272 g/mol. The van der Waals surface area contributed by atoms with Crippen LogP contribution in [0.2, 0.25) is 0 Å². The second-order valence-corrected chi connectivity index (χ2v) is 4.04. The predicted molar refractivity (Wildman–Crippen MR) is 66.7 cm³/mol. The van der Waals surface area contributed by atoms with Gasteiger partial charge in [0, 0.05) is 11.8 Å². The Balaban J connectivity index is 2.72. The summed E-state index contributed by atoms with van der Waals surface area (Å²) in [5, 5.41) is 0.915. The molecular formula is C12H15BrO3. The molecule has 1 rings (SSSR count). The molecule has 4 heteroatoms. The van der Waals surface area contributed by atoms with Crippen molar-refractivity contribution < 1.29 is 14.3 Å². The SMILES string of the molecule is COc1cc(CC=O)ccc1OCCCBr. The van der Waals surface area contributed by atoms with Crippen LogP contribution < -0.4 is 9.47 Å². The quantitative estimate of drug-likeness (QED) is 0.439. The second kappa shape index (κ2) is 7.28. The van der Waals surface area contributed by atoms with Gasteiger partial charge < -0.3 is 14.3 Å². The Bertz CT molecular complexity index is 339. The molecule has 16 heavy (non-hydrogen) atoms. The molecule has 1 aromatic carbocycles. The Labute approximate surface area is 104 Å². The molecule has 0 bridgehead atoms. The van der Waals surface area contributed by atoms with Gasteiger partial charge >= 0.3 is 0 Å². The molecule has 88 valence electrons. The summed E-state index contributed by atoms with van der Waals surface area (Å²) in [5.74, 6) is 1.40. The van der Waals surface area contributed by atoms with Crippen LogP contribution in [0.15, 0.2) is 18.2 Å². The Kier molecular flexibility index (Phi) is 5.93. The molecule has 0 aliphatic heterocycles. The third-order valence-electron chi connectivity index (χ3n) is 2.08. The van der Waals surface area contributed by atoms with E-state index in [2.05, 4.69) is 15.9 Å². The maximum Gasteiger partial charge on any atom is 0.161 e. The number of hydrogen-bond acceptors (Lipinski definition) is 3. The van der Waals surface area contributed by atoms with E-state index in [-0.39, 0.29) is 0 Å². The van der Waals surface area contributed by atoms with Crippen LogP contribution in [0, 0.1) is 0 Å². The van der Waals surface area contributed by atoms with Crippen molar-refractivity contribution in [3.63, 3.8) is 0 Å². The van der Waals surface area contributed by atoms with Crippen molar-refractivity contribution in [1.29, 1.82) is 0 Å². The zero-order valence-electron chi connectivity index (χ0n) is 9.24. The number of alkyl halides is 1. The zero-order chi connectivity index (χ0) is 11.8. The first-order valence-electron chi connectivity index (χ1n) is 5.11. The molecule has 0 heterocycles. The van der Waals surface area contributed by atoms with Crippen LogP contribution >= 0.6 is 15.9 Å². The van der Waals surface area contributed by atoms with Crippen LogP contribution in [0.5, 0.6) is 11.5 Å². The van der Waals surface area contributed by atoms with E-state index in [0.29, 0.717) is 18.8 Å². The molecule has 0 aliphatic rings. The first-order chi connectivity index (χ1) is 7.81. The van der Waals surface area contributed by atoms with Crippen molar-refractivity contribution in [3.8, 4) is 11.5 Å². The van der Waals surface area contributed by atoms with Crippen molar-refractivity contribution in [1.82, 2.24) is 0 Å². The minimum atomic E-state index is 0.401. The molecule has 0 aliphatic carbocycles. The van der Waals surface area contributed by atoms with E-state index in [1.165, 1.54) is 0 Å². The van der Waals surface area contributed by atoms with Crippen LogP contribution in [-0.4, -0.2) is 25.3 Å². The zero-order valence-corrected chi connectivity index (χ0v) is 10.8. The molecule has 0 N–H and O–H groups in total. The lowest BCUT2D eigenvalue weighted by Gasteiger charge is -2.11. The van der Waals surface area contributed by atoms with E-state index >= 15 is 0 Å². The lowest BCUT2D eigenvalue weighted by Crippen LogP contribution is -2.00. The Hall–Kier alpha value is -1.03. The van der Waals surface area contributed by atoms with Gasteiger partial charge in [-0.1, -0.05) is 22.0 Å². The summed E-state index contributed by atoms with van der Waals surface area (Å²) in [6, 6.07) is 5.55. The van der Waals surface area contributed by atoms with Crippen molar-refractivity contribution in [2.75, 3.05) is 19.0 Å². The van der Waals surface area contributed by atoms with E-state index in [9.17, 15) is 4.79 Å². The number of carbonyl (C=O) groups is 1. The molecule has 0 radical (unpaired) electrons. The monoisotopic (exact) mass is 286 g/mol. The fourth-order valence-electron chi connectivity index (χ4n) is 1.29. The van der Waals surface area contributed by atoms with Gasteiger partial charge in [0.2, 0.25) is 0 Å². The molecule has 0 saturated carbocycles. The molecule has 0 spiro atoms. The molecule has 0 saturated heterocycles. The molecule has 1 aromatic rings. The second-order valence-electron chi connectivity index (χ2n) is 3.25. The number of ether oxygens (including phenoxy) is 2. The number of rotatable bonds is 7. The maximum absolute atomic E-state index is 10.4. The van der Waals surface area contributed by atoms with Crippen molar-refractivity contribution in [2.45, 2.75) is 12.8 Å². The Morgan fingerprint density at radius 1 is 1.38 bits per heavy atom. The van der Waals surface area contributed by atoms with Crippen LogP contribution in [0.1, 0.15) is 12.0 Å². The van der Waals surface area contributed by atoms with Crippen molar-refractivity contribution >= 4 is 22.2 Å². The normalized spacial score (nSPS) is 9.88. The molecule has 3 nitrogen and oxygen atoms in total. The first-order valence-corrected chi connectivity index (χ1v) is 6.23. The molecule has 0 fully saturated rings. The van der Waals surface area contributed by atoms with Gasteiger partial charge in [-0.25, -0.2) is 0 Å². The lowest BCUT2D eigenvalue weighted by atomic mass is 10.1. The standard InChI is InChI=1S/C12H15BrO3/c1-15-12-9-10(5-7-14)3-4-11(12)16-8-2-6-13/h3-4,7,9H,2,5-6,8H2,1H3. The lowest BCUT2D eigenvalue weighted by molar-refractivity contribution is -0.107. The van der Waals surface area contributed by atoms with Crippen LogP contribution in [0.4, 0.5) is 0 Å². The predicted octanol–water partition coefficient (Wildman–Crippen LogP) is 2.60. The van der Waals surface area contributed by atoms with Crippen LogP contribution in [0.3, 0.4) is 0 Å². The number of hydrogen-bond donors (Lipinski definition) is 0. The van der Waals surface area contributed by atoms with Crippen molar-refractivity contribution in [3.05, 3.63) is 23.8 Å². The molecule has 0 unspecified atom stereocenters. The summed E-state index contributed by atoms with van der Waals surface area (Å²) in [5.41, 5.74) is 0.930. The van der Waals surface area contributed by atoms with Crippen LogP contribution in [0.25, 0.3) is 0 Å². The van der Waals surface area contributed by atoms with Gasteiger partial charge in [-0.3, -0.25) is 0 Å². The van der Waals surface area contributed by atoms with Gasteiger partial charge in [-0.15, -0.1) is 0 Å². The Morgan fingerprint density at radius 3 is 2.81 bits per heavy atom. The highest BCUT2D eigenvalue weighted by atomic mass is 79.9. The van der Waals surface area contributed by atoms with Crippen LogP contribution in [-0.2, 0) is 11.2 Å². The fraction of sp³-hybridized carbons (Fsp3) is 0.417. The smallest absolute Gasteiger partial charge is 0.161 e. The van der Waals surface area contributed by atoms with E-state index in [4.69, 9.17) is 9.47 Å². The number of aldehydes is 1. The number of halogens is 1. The summed E-state index contributed by atoms with van der Waals surface area (Å²) < 4.78 is 10.8. The number of carbonyl (C=O) groups excluding carboxylic acids is 1. The maximum atomic E-state index is 10.4. The summed E-state index contributed by atoms with van der Waals surface area (Å²) in [6.07, 6.45) is 2.22. The van der Waals surface area contributed by atoms with E-state index in [1.54, 1.807) is 7.11 Å². The summed E-state index contributed by atoms with van der Waals surface area (Å²) in [7, 11) is 1.59. The third-order valence-corrected chi connectivity index (χ3v) is 2.64. The van der Waals surface area contributed by atoms with E-state index in [1.807, 2.05) is 18.2 Å². The first kappa shape index (κ1) is 13.0.